The van der Waals surface area contributed by atoms with Crippen molar-refractivity contribution in [3.8, 4) is 0 Å². The molecular formula is C24H42N2O3. The van der Waals surface area contributed by atoms with Crippen molar-refractivity contribution in [2.45, 2.75) is 65.2 Å². The molecule has 0 saturated carbocycles. The molecule has 0 N–H and O–H groups in total. The van der Waals surface area contributed by atoms with E-state index in [0.29, 0.717) is 0 Å². The number of unbranched alkanes of at least 4 members (excludes halogenated alkanes) is 2. The van der Waals surface area contributed by atoms with Gasteiger partial charge in [0.2, 0.25) is 5.91 Å². The van der Waals surface area contributed by atoms with Gasteiger partial charge in [-0.3, -0.25) is 4.79 Å². The van der Waals surface area contributed by atoms with E-state index in [1.807, 2.05) is 4.90 Å². The van der Waals surface area contributed by atoms with Crippen LogP contribution in [0.3, 0.4) is 0 Å². The fraction of sp³-hybridized carbons (Fsp3) is 0.792. The molecule has 0 bridgehead atoms. The summed E-state index contributed by atoms with van der Waals surface area (Å²) < 4.78 is 11.8. The maximum atomic E-state index is 13.4. The number of hydrogen-bond donors (Lipinski definition) is 0. The predicted octanol–water partition coefficient (Wildman–Crippen LogP) is 4.60. The van der Waals surface area contributed by atoms with Crippen molar-refractivity contribution in [1.29, 1.82) is 0 Å². The number of carbonyl (C=O) groups is 1. The number of carbonyl (C=O) groups excluding carboxylic acids is 1. The van der Waals surface area contributed by atoms with Crippen molar-refractivity contribution in [2.24, 2.45) is 10.8 Å². The van der Waals surface area contributed by atoms with Gasteiger partial charge in [0.15, 0.2) is 0 Å². The third kappa shape index (κ3) is 4.99. The Balaban J connectivity index is 2.19. The van der Waals surface area contributed by atoms with Crippen LogP contribution in [0.2, 0.25) is 0 Å². The number of rotatable bonds is 12. The lowest BCUT2D eigenvalue weighted by Crippen LogP contribution is -2.39. The van der Waals surface area contributed by atoms with Crippen LogP contribution < -0.4 is 0 Å². The van der Waals surface area contributed by atoms with Gasteiger partial charge in [-0.2, -0.15) is 0 Å². The van der Waals surface area contributed by atoms with E-state index < -0.39 is 5.41 Å². The second-order valence-electron chi connectivity index (χ2n) is 8.95. The minimum atomic E-state index is -0.606. The highest BCUT2D eigenvalue weighted by Crippen LogP contribution is 2.53. The number of nitrogens with zero attached hydrogens (tertiary/aromatic N) is 2. The van der Waals surface area contributed by atoms with Crippen LogP contribution in [-0.4, -0.2) is 63.7 Å². The van der Waals surface area contributed by atoms with Gasteiger partial charge in [-0.25, -0.2) is 0 Å². The minimum Gasteiger partial charge on any atom is -0.500 e. The van der Waals surface area contributed by atoms with E-state index in [9.17, 15) is 4.79 Å². The predicted molar refractivity (Wildman–Crippen MR) is 118 cm³/mol. The highest BCUT2D eigenvalue weighted by Gasteiger charge is 2.52. The van der Waals surface area contributed by atoms with Gasteiger partial charge in [0.25, 0.3) is 0 Å². The molecule has 2 aliphatic rings. The van der Waals surface area contributed by atoms with Gasteiger partial charge in [-0.1, -0.05) is 33.1 Å². The van der Waals surface area contributed by atoms with E-state index in [0.717, 1.165) is 76.1 Å². The first kappa shape index (κ1) is 23.8. The molecule has 1 aliphatic heterocycles. The molecule has 0 aromatic rings. The van der Waals surface area contributed by atoms with Gasteiger partial charge in [0, 0.05) is 13.1 Å². The Morgan fingerprint density at radius 1 is 1.00 bits per heavy atom. The van der Waals surface area contributed by atoms with Crippen LogP contribution in [-0.2, 0) is 14.3 Å². The summed E-state index contributed by atoms with van der Waals surface area (Å²) in [5.74, 6) is 2.04. The van der Waals surface area contributed by atoms with E-state index in [1.54, 1.807) is 14.2 Å². The van der Waals surface area contributed by atoms with Gasteiger partial charge < -0.3 is 19.3 Å². The van der Waals surface area contributed by atoms with Crippen molar-refractivity contribution in [1.82, 2.24) is 9.80 Å². The summed E-state index contributed by atoms with van der Waals surface area (Å²) in [5, 5.41) is 0. The lowest BCUT2D eigenvalue weighted by molar-refractivity contribution is -0.132. The van der Waals surface area contributed by atoms with Crippen molar-refractivity contribution in [3.05, 3.63) is 23.7 Å². The van der Waals surface area contributed by atoms with Crippen LogP contribution >= 0.6 is 0 Å². The normalized spacial score (nSPS) is 20.2. The Kier molecular flexibility index (Phi) is 8.62. The van der Waals surface area contributed by atoms with Gasteiger partial charge in [0.1, 0.15) is 11.5 Å². The Hall–Kier alpha value is -1.49. The van der Waals surface area contributed by atoms with Gasteiger partial charge in [-0.15, -0.1) is 0 Å². The molecule has 1 amide bonds. The zero-order valence-corrected chi connectivity index (χ0v) is 19.6. The fourth-order valence-corrected chi connectivity index (χ4v) is 5.10. The van der Waals surface area contributed by atoms with E-state index in [-0.39, 0.29) is 11.3 Å². The molecular weight excluding hydrogens is 364 g/mol. The molecule has 29 heavy (non-hydrogen) atoms. The lowest BCUT2D eigenvalue weighted by Gasteiger charge is -2.41. The Morgan fingerprint density at radius 3 is 2.07 bits per heavy atom. The molecule has 166 valence electrons. The summed E-state index contributed by atoms with van der Waals surface area (Å²) in [4.78, 5) is 17.7. The van der Waals surface area contributed by atoms with E-state index >= 15 is 0 Å². The van der Waals surface area contributed by atoms with Gasteiger partial charge in [-0.05, 0) is 64.9 Å². The summed E-state index contributed by atoms with van der Waals surface area (Å²) in [6.45, 7) is 7.15. The Labute approximate surface area is 178 Å². The molecule has 0 unspecified atom stereocenters. The summed E-state index contributed by atoms with van der Waals surface area (Å²) in [6.07, 6.45) is 12.5. The summed E-state index contributed by atoms with van der Waals surface area (Å²) in [6, 6.07) is 0. The zero-order chi connectivity index (χ0) is 21.5. The third-order valence-corrected chi connectivity index (χ3v) is 6.53. The van der Waals surface area contributed by atoms with E-state index in [1.165, 1.54) is 6.42 Å². The molecule has 1 aliphatic carbocycles. The Morgan fingerprint density at radius 2 is 1.59 bits per heavy atom. The molecule has 2 rings (SSSR count). The molecule has 5 nitrogen and oxygen atoms in total. The van der Waals surface area contributed by atoms with Crippen LogP contribution in [0.4, 0.5) is 0 Å². The molecule has 0 aromatic carbocycles. The third-order valence-electron chi connectivity index (χ3n) is 6.53. The molecule has 1 spiro atoms. The average molecular weight is 407 g/mol. The van der Waals surface area contributed by atoms with E-state index in [4.69, 9.17) is 9.47 Å². The fourth-order valence-electron chi connectivity index (χ4n) is 5.10. The van der Waals surface area contributed by atoms with Crippen LogP contribution in [0, 0.1) is 10.8 Å². The first-order chi connectivity index (χ1) is 13.9. The molecule has 1 saturated heterocycles. The Bertz CT molecular complexity index is 579. The first-order valence-electron chi connectivity index (χ1n) is 11.4. The maximum absolute atomic E-state index is 13.4. The van der Waals surface area contributed by atoms with Gasteiger partial charge >= 0.3 is 0 Å². The smallest absolute Gasteiger partial charge is 0.236 e. The molecule has 0 radical (unpaired) electrons. The largest absolute Gasteiger partial charge is 0.500 e. The second kappa shape index (κ2) is 10.5. The summed E-state index contributed by atoms with van der Waals surface area (Å²) in [5.41, 5.74) is -0.844. The minimum absolute atomic E-state index is 0.204. The number of amides is 1. The van der Waals surface area contributed by atoms with Crippen LogP contribution in [0.25, 0.3) is 0 Å². The van der Waals surface area contributed by atoms with Gasteiger partial charge in [0.05, 0.1) is 25.0 Å². The topological polar surface area (TPSA) is 42.0 Å². The highest BCUT2D eigenvalue weighted by molar-refractivity contribution is 5.89. The lowest BCUT2D eigenvalue weighted by atomic mass is 9.67. The first-order valence-corrected chi connectivity index (χ1v) is 11.4. The number of likely N-dealkylation sites (tertiary alicyclic amines) is 1. The van der Waals surface area contributed by atoms with Crippen molar-refractivity contribution in [3.63, 3.8) is 0 Å². The standard InChI is InChI=1S/C24H42N2O3/c1-7-12-24(13-8-2)20(28-5)18-23(19-21(24)29-6)14-17-26(22(23)27)16-11-9-10-15-25(3)4/h18-19H,7-17H2,1-6H3. The number of hydrogen-bond acceptors (Lipinski definition) is 4. The number of methoxy groups -OCH3 is 2. The van der Waals surface area contributed by atoms with E-state index in [2.05, 4.69) is 45.0 Å². The average Bonchev–Trinajstić information content (AvgIpc) is 2.99. The summed E-state index contributed by atoms with van der Waals surface area (Å²) >= 11 is 0. The monoisotopic (exact) mass is 406 g/mol. The molecule has 0 atom stereocenters. The quantitative estimate of drug-likeness (QED) is 0.444. The SMILES string of the molecule is CCCC1(CCC)C(OC)=CC2(C=C1OC)CCN(CCCCCN(C)C)C2=O. The molecule has 5 heteroatoms. The second-order valence-corrected chi connectivity index (χ2v) is 8.95. The van der Waals surface area contributed by atoms with Crippen LogP contribution in [0.1, 0.15) is 65.2 Å². The maximum Gasteiger partial charge on any atom is 0.236 e. The molecule has 1 heterocycles. The summed E-state index contributed by atoms with van der Waals surface area (Å²) in [7, 11) is 7.68. The van der Waals surface area contributed by atoms with Crippen LogP contribution in [0.5, 0.6) is 0 Å². The van der Waals surface area contributed by atoms with Crippen molar-refractivity contribution < 1.29 is 14.3 Å². The van der Waals surface area contributed by atoms with Crippen molar-refractivity contribution in [2.75, 3.05) is 47.9 Å². The van der Waals surface area contributed by atoms with Crippen LogP contribution in [0.15, 0.2) is 23.7 Å². The number of ether oxygens (including phenoxy) is 2. The molecule has 0 aromatic heterocycles. The molecule has 1 fully saturated rings. The highest BCUT2D eigenvalue weighted by atomic mass is 16.5. The zero-order valence-electron chi connectivity index (χ0n) is 19.6. The van der Waals surface area contributed by atoms with Crippen molar-refractivity contribution >= 4 is 5.91 Å².